The number of benzene rings is 1. The molecule has 0 aromatic heterocycles. The van der Waals surface area contributed by atoms with Crippen LogP contribution in [0.15, 0.2) is 24.3 Å². The van der Waals surface area contributed by atoms with Crippen molar-refractivity contribution in [2.24, 2.45) is 5.92 Å². The molecule has 1 aromatic rings. The topological polar surface area (TPSA) is 40.5 Å². The van der Waals surface area contributed by atoms with Gasteiger partial charge < -0.3 is 5.11 Å². The number of hydrogen-bond donors (Lipinski definition) is 1. The maximum Gasteiger partial charge on any atom is 0.416 e. The minimum absolute atomic E-state index is 0.161. The van der Waals surface area contributed by atoms with E-state index in [0.717, 1.165) is 6.07 Å². The molecule has 1 aliphatic rings. The molecule has 1 saturated heterocycles. The average Bonchev–Trinajstić information content (AvgIpc) is 2.38. The highest BCUT2D eigenvalue weighted by molar-refractivity contribution is 5.70. The molecule has 1 heterocycles. The second-order valence-electron chi connectivity index (χ2n) is 5.14. The molecule has 2 unspecified atom stereocenters. The van der Waals surface area contributed by atoms with Gasteiger partial charge in [0.1, 0.15) is 0 Å². The number of carboxylic acids is 1. The second-order valence-corrected chi connectivity index (χ2v) is 5.14. The van der Waals surface area contributed by atoms with Crippen LogP contribution in [-0.4, -0.2) is 29.6 Å². The highest BCUT2D eigenvalue weighted by Gasteiger charge is 2.38. The molecule has 1 fully saturated rings. The summed E-state index contributed by atoms with van der Waals surface area (Å²) in [5, 5.41) is 9.08. The Morgan fingerprint density at radius 3 is 2.60 bits per heavy atom. The predicted molar refractivity (Wildman–Crippen MR) is 67.2 cm³/mol. The number of carbonyl (C=O) groups is 1. The molecule has 20 heavy (non-hydrogen) atoms. The van der Waals surface area contributed by atoms with Gasteiger partial charge in [-0.2, -0.15) is 13.2 Å². The van der Waals surface area contributed by atoms with Crippen molar-refractivity contribution in [3.63, 3.8) is 0 Å². The average molecular weight is 287 g/mol. The lowest BCUT2D eigenvalue weighted by molar-refractivity contribution is -0.144. The maximum absolute atomic E-state index is 13.1. The van der Waals surface area contributed by atoms with Crippen LogP contribution in [0.2, 0.25) is 0 Å². The number of likely N-dealkylation sites (tertiary alicyclic amines) is 1. The molecule has 0 amide bonds. The van der Waals surface area contributed by atoms with E-state index in [1.165, 1.54) is 12.1 Å². The van der Waals surface area contributed by atoms with Crippen LogP contribution in [0.5, 0.6) is 0 Å². The van der Waals surface area contributed by atoms with Crippen molar-refractivity contribution >= 4 is 5.97 Å². The van der Waals surface area contributed by atoms with E-state index in [4.69, 9.17) is 5.11 Å². The third kappa shape index (κ3) is 2.95. The third-order valence-electron chi connectivity index (χ3n) is 3.84. The summed E-state index contributed by atoms with van der Waals surface area (Å²) in [4.78, 5) is 12.9. The van der Waals surface area contributed by atoms with Crippen molar-refractivity contribution in [2.75, 3.05) is 13.6 Å². The normalized spacial score (nSPS) is 24.6. The lowest BCUT2D eigenvalue weighted by Gasteiger charge is -2.37. The van der Waals surface area contributed by atoms with Gasteiger partial charge in [0.2, 0.25) is 0 Å². The van der Waals surface area contributed by atoms with E-state index in [1.807, 2.05) is 0 Å². The summed E-state index contributed by atoms with van der Waals surface area (Å²) in [6.07, 6.45) is -3.75. The first-order chi connectivity index (χ1) is 9.30. The summed E-state index contributed by atoms with van der Waals surface area (Å²) in [5.41, 5.74) is -0.517. The summed E-state index contributed by atoms with van der Waals surface area (Å²) < 4.78 is 39.2. The van der Waals surface area contributed by atoms with Crippen LogP contribution < -0.4 is 0 Å². The Kier molecular flexibility index (Phi) is 4.04. The van der Waals surface area contributed by atoms with Gasteiger partial charge in [0.15, 0.2) is 0 Å². The molecule has 2 rings (SSSR count). The van der Waals surface area contributed by atoms with Gasteiger partial charge in [-0.3, -0.25) is 9.69 Å². The van der Waals surface area contributed by atoms with Crippen LogP contribution in [0, 0.1) is 5.92 Å². The van der Waals surface area contributed by atoms with Gasteiger partial charge in [-0.1, -0.05) is 18.2 Å². The summed E-state index contributed by atoms with van der Waals surface area (Å²) in [5.74, 6) is -1.52. The van der Waals surface area contributed by atoms with Gasteiger partial charge >= 0.3 is 12.1 Å². The molecular weight excluding hydrogens is 271 g/mol. The van der Waals surface area contributed by atoms with Gasteiger partial charge in [0, 0.05) is 6.04 Å². The third-order valence-corrected chi connectivity index (χ3v) is 3.84. The Morgan fingerprint density at radius 2 is 2.00 bits per heavy atom. The van der Waals surface area contributed by atoms with Gasteiger partial charge in [-0.05, 0) is 38.1 Å². The van der Waals surface area contributed by atoms with Gasteiger partial charge in [-0.15, -0.1) is 0 Å². The van der Waals surface area contributed by atoms with Crippen molar-refractivity contribution < 1.29 is 23.1 Å². The van der Waals surface area contributed by atoms with Crippen molar-refractivity contribution in [1.82, 2.24) is 4.90 Å². The number of aliphatic carboxylic acids is 1. The molecule has 3 nitrogen and oxygen atoms in total. The van der Waals surface area contributed by atoms with Gasteiger partial charge in [0.25, 0.3) is 0 Å². The zero-order valence-electron chi connectivity index (χ0n) is 11.0. The predicted octanol–water partition coefficient (Wildman–Crippen LogP) is 3.17. The van der Waals surface area contributed by atoms with Crippen molar-refractivity contribution in [1.29, 1.82) is 0 Å². The lowest BCUT2D eigenvalue weighted by atomic mass is 9.85. The minimum atomic E-state index is -4.42. The quantitative estimate of drug-likeness (QED) is 0.908. The monoisotopic (exact) mass is 287 g/mol. The molecule has 6 heteroatoms. The van der Waals surface area contributed by atoms with Crippen LogP contribution >= 0.6 is 0 Å². The first-order valence-corrected chi connectivity index (χ1v) is 6.40. The van der Waals surface area contributed by atoms with Crippen LogP contribution in [-0.2, 0) is 11.0 Å². The molecule has 0 saturated carbocycles. The zero-order chi connectivity index (χ0) is 14.9. The van der Waals surface area contributed by atoms with E-state index < -0.39 is 29.7 Å². The lowest BCUT2D eigenvalue weighted by Crippen LogP contribution is -2.37. The molecule has 2 atom stereocenters. The van der Waals surface area contributed by atoms with Gasteiger partial charge in [-0.25, -0.2) is 0 Å². The smallest absolute Gasteiger partial charge is 0.416 e. The first-order valence-electron chi connectivity index (χ1n) is 6.40. The molecule has 1 aromatic carbocycles. The number of nitrogens with zero attached hydrogens (tertiary/aromatic N) is 1. The molecule has 110 valence electrons. The van der Waals surface area contributed by atoms with Crippen LogP contribution in [0.25, 0.3) is 0 Å². The Balaban J connectivity index is 2.37. The fraction of sp³-hybridized carbons (Fsp3) is 0.500. The number of carboxylic acid groups (broad SMARTS) is 1. The van der Waals surface area contributed by atoms with E-state index in [-0.39, 0.29) is 12.0 Å². The second kappa shape index (κ2) is 5.44. The summed E-state index contributed by atoms with van der Waals surface area (Å²) in [7, 11) is 1.73. The molecule has 0 bridgehead atoms. The molecular formula is C14H16F3NO2. The highest BCUT2D eigenvalue weighted by Crippen LogP contribution is 2.40. The largest absolute Gasteiger partial charge is 0.481 e. The maximum atomic E-state index is 13.1. The van der Waals surface area contributed by atoms with E-state index in [2.05, 4.69) is 0 Å². The first kappa shape index (κ1) is 14.8. The van der Waals surface area contributed by atoms with E-state index >= 15 is 0 Å². The van der Waals surface area contributed by atoms with E-state index in [1.54, 1.807) is 18.0 Å². The zero-order valence-corrected chi connectivity index (χ0v) is 11.0. The van der Waals surface area contributed by atoms with Crippen LogP contribution in [0.1, 0.15) is 30.0 Å². The Hall–Kier alpha value is -1.56. The molecule has 1 N–H and O–H groups in total. The van der Waals surface area contributed by atoms with Crippen molar-refractivity contribution in [3.8, 4) is 0 Å². The Labute approximate surface area is 115 Å². The SMILES string of the molecule is CN1CCC(C(=O)O)CC1c1ccccc1C(F)(F)F. The molecule has 0 aliphatic carbocycles. The van der Waals surface area contributed by atoms with Crippen molar-refractivity contribution in [3.05, 3.63) is 35.4 Å². The number of hydrogen-bond acceptors (Lipinski definition) is 2. The summed E-state index contributed by atoms with van der Waals surface area (Å²) >= 11 is 0. The minimum Gasteiger partial charge on any atom is -0.481 e. The van der Waals surface area contributed by atoms with Gasteiger partial charge in [0.05, 0.1) is 11.5 Å². The Morgan fingerprint density at radius 1 is 1.35 bits per heavy atom. The fourth-order valence-electron chi connectivity index (χ4n) is 2.72. The number of piperidine rings is 1. The summed E-state index contributed by atoms with van der Waals surface area (Å²) in [6.45, 7) is 0.480. The van der Waals surface area contributed by atoms with Crippen molar-refractivity contribution in [2.45, 2.75) is 25.1 Å². The van der Waals surface area contributed by atoms with E-state index in [0.29, 0.717) is 13.0 Å². The number of rotatable bonds is 2. The molecule has 1 aliphatic heterocycles. The summed E-state index contributed by atoms with van der Waals surface area (Å²) in [6, 6.07) is 4.89. The number of alkyl halides is 3. The van der Waals surface area contributed by atoms with Crippen LogP contribution in [0.4, 0.5) is 13.2 Å². The molecule has 0 radical (unpaired) electrons. The molecule has 0 spiro atoms. The van der Waals surface area contributed by atoms with E-state index in [9.17, 15) is 18.0 Å². The van der Waals surface area contributed by atoms with Crippen LogP contribution in [0.3, 0.4) is 0 Å². The Bertz CT molecular complexity index is 501. The fourth-order valence-corrected chi connectivity index (χ4v) is 2.72. The highest BCUT2D eigenvalue weighted by atomic mass is 19.4. The number of halogens is 3. The standard InChI is InChI=1S/C14H16F3NO2/c1-18-7-6-9(13(19)20)8-12(18)10-4-2-3-5-11(10)14(15,16)17/h2-5,9,12H,6-8H2,1H3,(H,19,20).